The van der Waals surface area contributed by atoms with Gasteiger partial charge in [0, 0.05) is 6.20 Å². The van der Waals surface area contributed by atoms with Gasteiger partial charge in [-0.1, -0.05) is 35.3 Å². The standard InChI is InChI=1S/C17H13Cl2N3O3/c1-9-14(22-8-10(18)7-12(19)15(22)20-9)16(23)21-13-6-4-3-5-11(13)17(24)25-2/h3-8H,1-2H3,(H,21,23). The summed E-state index contributed by atoms with van der Waals surface area (Å²) in [5.74, 6) is -0.989. The van der Waals surface area contributed by atoms with Crippen LogP contribution in [0.4, 0.5) is 5.69 Å². The van der Waals surface area contributed by atoms with Gasteiger partial charge in [-0.25, -0.2) is 9.78 Å². The number of benzene rings is 1. The molecule has 0 aliphatic rings. The second kappa shape index (κ2) is 6.74. The molecule has 1 amide bonds. The van der Waals surface area contributed by atoms with Gasteiger partial charge >= 0.3 is 5.97 Å². The number of carbonyl (C=O) groups is 2. The zero-order chi connectivity index (χ0) is 18.1. The SMILES string of the molecule is COC(=O)c1ccccc1NC(=O)c1c(C)nc2c(Cl)cc(Cl)cn12. The van der Waals surface area contributed by atoms with Gasteiger partial charge in [-0.05, 0) is 25.1 Å². The third-order valence-corrected chi connectivity index (χ3v) is 4.10. The van der Waals surface area contributed by atoms with E-state index < -0.39 is 11.9 Å². The Morgan fingerprint density at radius 3 is 2.68 bits per heavy atom. The molecule has 0 aliphatic heterocycles. The molecule has 0 saturated heterocycles. The summed E-state index contributed by atoms with van der Waals surface area (Å²) in [5, 5.41) is 3.42. The van der Waals surface area contributed by atoms with Gasteiger partial charge in [-0.15, -0.1) is 0 Å². The number of hydrogen-bond donors (Lipinski definition) is 1. The molecule has 25 heavy (non-hydrogen) atoms. The van der Waals surface area contributed by atoms with Crippen molar-refractivity contribution in [3.05, 3.63) is 63.5 Å². The zero-order valence-corrected chi connectivity index (χ0v) is 14.9. The number of hydrogen-bond acceptors (Lipinski definition) is 4. The van der Waals surface area contributed by atoms with E-state index in [4.69, 9.17) is 27.9 Å². The average molecular weight is 378 g/mol. The van der Waals surface area contributed by atoms with Crippen molar-refractivity contribution in [2.24, 2.45) is 0 Å². The van der Waals surface area contributed by atoms with Crippen LogP contribution in [0.25, 0.3) is 5.65 Å². The number of nitrogens with one attached hydrogen (secondary N) is 1. The summed E-state index contributed by atoms with van der Waals surface area (Å²) in [6.07, 6.45) is 1.56. The molecule has 0 spiro atoms. The number of anilines is 1. The minimum Gasteiger partial charge on any atom is -0.465 e. The van der Waals surface area contributed by atoms with Crippen LogP contribution in [0.15, 0.2) is 36.5 Å². The number of carbonyl (C=O) groups excluding carboxylic acids is 2. The van der Waals surface area contributed by atoms with Crippen LogP contribution in [0.3, 0.4) is 0 Å². The van der Waals surface area contributed by atoms with E-state index in [-0.39, 0.29) is 11.3 Å². The maximum Gasteiger partial charge on any atom is 0.339 e. The van der Waals surface area contributed by atoms with E-state index in [1.165, 1.54) is 11.5 Å². The molecule has 6 nitrogen and oxygen atoms in total. The number of halogens is 2. The normalized spacial score (nSPS) is 10.7. The topological polar surface area (TPSA) is 72.7 Å². The molecule has 2 heterocycles. The lowest BCUT2D eigenvalue weighted by Crippen LogP contribution is -2.18. The van der Waals surface area contributed by atoms with E-state index in [9.17, 15) is 9.59 Å². The monoisotopic (exact) mass is 377 g/mol. The second-order valence-corrected chi connectivity index (χ2v) is 6.08. The van der Waals surface area contributed by atoms with Crippen molar-refractivity contribution < 1.29 is 14.3 Å². The molecule has 3 rings (SSSR count). The number of fused-ring (bicyclic) bond motifs is 1. The molecule has 8 heteroatoms. The van der Waals surface area contributed by atoms with Crippen LogP contribution in [0.2, 0.25) is 10.0 Å². The highest BCUT2D eigenvalue weighted by Gasteiger charge is 2.21. The highest BCUT2D eigenvalue weighted by Crippen LogP contribution is 2.25. The Labute approximate surface area is 153 Å². The maximum atomic E-state index is 12.8. The van der Waals surface area contributed by atoms with Crippen molar-refractivity contribution in [3.8, 4) is 0 Å². The van der Waals surface area contributed by atoms with Crippen LogP contribution in [0, 0.1) is 6.92 Å². The third-order valence-electron chi connectivity index (χ3n) is 3.61. The van der Waals surface area contributed by atoms with E-state index in [0.717, 1.165) is 0 Å². The second-order valence-electron chi connectivity index (χ2n) is 5.24. The minimum absolute atomic E-state index is 0.251. The summed E-state index contributed by atoms with van der Waals surface area (Å²) in [6.45, 7) is 1.69. The van der Waals surface area contributed by atoms with Crippen LogP contribution in [0.5, 0.6) is 0 Å². The lowest BCUT2D eigenvalue weighted by molar-refractivity contribution is 0.0602. The fourth-order valence-corrected chi connectivity index (χ4v) is 3.03. The molecule has 0 atom stereocenters. The first kappa shape index (κ1) is 17.3. The fourth-order valence-electron chi connectivity index (χ4n) is 2.52. The number of ether oxygens (including phenoxy) is 1. The van der Waals surface area contributed by atoms with E-state index in [2.05, 4.69) is 10.3 Å². The van der Waals surface area contributed by atoms with Crippen LogP contribution >= 0.6 is 23.2 Å². The van der Waals surface area contributed by atoms with Crippen LogP contribution in [-0.2, 0) is 4.74 Å². The first-order valence-corrected chi connectivity index (χ1v) is 8.00. The molecule has 0 bridgehead atoms. The summed E-state index contributed by atoms with van der Waals surface area (Å²) < 4.78 is 6.26. The molecule has 0 fully saturated rings. The number of methoxy groups -OCH3 is 1. The Balaban J connectivity index is 2.05. The first-order valence-electron chi connectivity index (χ1n) is 7.24. The van der Waals surface area contributed by atoms with Crippen LogP contribution < -0.4 is 5.32 Å². The number of aryl methyl sites for hydroxylation is 1. The van der Waals surface area contributed by atoms with E-state index in [0.29, 0.717) is 27.1 Å². The van der Waals surface area contributed by atoms with Gasteiger partial charge in [0.15, 0.2) is 5.65 Å². The highest BCUT2D eigenvalue weighted by molar-refractivity contribution is 6.36. The molecule has 1 aromatic carbocycles. The van der Waals surface area contributed by atoms with E-state index in [1.54, 1.807) is 43.5 Å². The number of amides is 1. The molecule has 3 aromatic rings. The average Bonchev–Trinajstić information content (AvgIpc) is 2.91. The largest absolute Gasteiger partial charge is 0.465 e. The maximum absolute atomic E-state index is 12.8. The summed E-state index contributed by atoms with van der Waals surface area (Å²) in [6, 6.07) is 8.12. The number of aromatic nitrogens is 2. The summed E-state index contributed by atoms with van der Waals surface area (Å²) in [7, 11) is 1.28. The molecule has 128 valence electrons. The van der Waals surface area contributed by atoms with Crippen molar-refractivity contribution in [1.82, 2.24) is 9.38 Å². The van der Waals surface area contributed by atoms with Gasteiger partial charge in [-0.3, -0.25) is 9.20 Å². The van der Waals surface area contributed by atoms with Crippen LogP contribution in [0.1, 0.15) is 26.5 Å². The molecule has 0 saturated carbocycles. The number of rotatable bonds is 3. The van der Waals surface area contributed by atoms with Crippen molar-refractivity contribution in [2.45, 2.75) is 6.92 Å². The number of nitrogens with zero attached hydrogens (tertiary/aromatic N) is 2. The van der Waals surface area contributed by atoms with Crippen molar-refractivity contribution in [3.63, 3.8) is 0 Å². The molecular formula is C17H13Cl2N3O3. The van der Waals surface area contributed by atoms with Gasteiger partial charge in [0.2, 0.25) is 0 Å². The molecule has 0 radical (unpaired) electrons. The zero-order valence-electron chi connectivity index (χ0n) is 13.3. The quantitative estimate of drug-likeness (QED) is 0.700. The van der Waals surface area contributed by atoms with Gasteiger partial charge in [0.1, 0.15) is 5.69 Å². The van der Waals surface area contributed by atoms with Gasteiger partial charge < -0.3 is 10.1 Å². The van der Waals surface area contributed by atoms with Crippen LogP contribution in [-0.4, -0.2) is 28.4 Å². The van der Waals surface area contributed by atoms with E-state index in [1.807, 2.05) is 0 Å². The van der Waals surface area contributed by atoms with Crippen molar-refractivity contribution in [1.29, 1.82) is 0 Å². The molecular weight excluding hydrogens is 365 g/mol. The Hall–Kier alpha value is -2.57. The Bertz CT molecular complexity index is 998. The summed E-state index contributed by atoms with van der Waals surface area (Å²) >= 11 is 12.2. The smallest absolute Gasteiger partial charge is 0.339 e. The number of pyridine rings is 1. The predicted molar refractivity (Wildman–Crippen MR) is 95.7 cm³/mol. The highest BCUT2D eigenvalue weighted by atomic mass is 35.5. The number of imidazole rings is 1. The lowest BCUT2D eigenvalue weighted by Gasteiger charge is -2.10. The third kappa shape index (κ3) is 3.18. The molecule has 0 unspecified atom stereocenters. The fraction of sp³-hybridized carbons (Fsp3) is 0.118. The Morgan fingerprint density at radius 1 is 1.24 bits per heavy atom. The lowest BCUT2D eigenvalue weighted by atomic mass is 10.1. The predicted octanol–water partition coefficient (Wildman–Crippen LogP) is 3.99. The molecule has 0 aliphatic carbocycles. The molecule has 1 N–H and O–H groups in total. The van der Waals surface area contributed by atoms with Gasteiger partial charge in [-0.2, -0.15) is 0 Å². The first-order chi connectivity index (χ1) is 11.9. The van der Waals surface area contributed by atoms with E-state index >= 15 is 0 Å². The number of esters is 1. The van der Waals surface area contributed by atoms with Crippen molar-refractivity contribution in [2.75, 3.05) is 12.4 Å². The number of para-hydroxylation sites is 1. The van der Waals surface area contributed by atoms with Gasteiger partial charge in [0.25, 0.3) is 5.91 Å². The Kier molecular flexibility index (Phi) is 4.65. The Morgan fingerprint density at radius 2 is 1.96 bits per heavy atom. The minimum atomic E-state index is -0.545. The van der Waals surface area contributed by atoms with Crippen molar-refractivity contribution >= 4 is 46.4 Å². The van der Waals surface area contributed by atoms with Gasteiger partial charge in [0.05, 0.1) is 34.1 Å². The molecule has 2 aromatic heterocycles. The summed E-state index contributed by atoms with van der Waals surface area (Å²) in [4.78, 5) is 28.9. The summed E-state index contributed by atoms with van der Waals surface area (Å²) in [5.41, 5.74) is 1.77.